The van der Waals surface area contributed by atoms with E-state index in [0.29, 0.717) is 58.8 Å². The molecule has 0 spiro atoms. The van der Waals surface area contributed by atoms with Gasteiger partial charge < -0.3 is 14.8 Å². The molecule has 7 heteroatoms. The molecule has 0 heterocycles. The van der Waals surface area contributed by atoms with Crippen molar-refractivity contribution < 1.29 is 23.5 Å². The molecule has 0 saturated carbocycles. The largest absolute Gasteiger partial charge is 0.494 e. The maximum absolute atomic E-state index is 14.5. The Bertz CT molecular complexity index is 1170. The molecule has 3 aromatic carbocycles. The van der Waals surface area contributed by atoms with Gasteiger partial charge in [-0.15, -0.1) is 0 Å². The standard InChI is InChI=1S/C27H27ClFNO4/c1-3-11-33-21-7-8-22(24(28)15-21)27(32)30-16-20-14-19(6-10-26(20)34-12-4-2)23-13-18(17-31)5-9-25(23)29/h5-10,13-15,17H,3-4,11-12,16H2,1-2H3,(H,30,32). The van der Waals surface area contributed by atoms with E-state index in [-0.39, 0.29) is 17.5 Å². The van der Waals surface area contributed by atoms with E-state index in [9.17, 15) is 14.0 Å². The quantitative estimate of drug-likeness (QED) is 0.317. The molecule has 0 unspecified atom stereocenters. The number of halogens is 2. The van der Waals surface area contributed by atoms with Crippen LogP contribution in [0.2, 0.25) is 5.02 Å². The molecule has 0 saturated heterocycles. The predicted octanol–water partition coefficient (Wildman–Crippen LogP) is 6.47. The van der Waals surface area contributed by atoms with Crippen molar-refractivity contribution in [1.82, 2.24) is 5.32 Å². The van der Waals surface area contributed by atoms with Crippen molar-refractivity contribution in [1.29, 1.82) is 0 Å². The van der Waals surface area contributed by atoms with Crippen LogP contribution in [0.25, 0.3) is 11.1 Å². The van der Waals surface area contributed by atoms with E-state index in [4.69, 9.17) is 21.1 Å². The van der Waals surface area contributed by atoms with Crippen molar-refractivity contribution in [2.45, 2.75) is 33.2 Å². The van der Waals surface area contributed by atoms with Gasteiger partial charge in [-0.2, -0.15) is 0 Å². The van der Waals surface area contributed by atoms with Gasteiger partial charge in [-0.3, -0.25) is 9.59 Å². The second-order valence-electron chi connectivity index (χ2n) is 7.70. The number of aldehydes is 1. The minimum absolute atomic E-state index is 0.144. The maximum atomic E-state index is 14.5. The Hall–Kier alpha value is -3.38. The van der Waals surface area contributed by atoms with Crippen LogP contribution in [-0.2, 0) is 6.54 Å². The smallest absolute Gasteiger partial charge is 0.253 e. The summed E-state index contributed by atoms with van der Waals surface area (Å²) in [5, 5.41) is 3.14. The van der Waals surface area contributed by atoms with Crippen molar-refractivity contribution in [3.63, 3.8) is 0 Å². The van der Waals surface area contributed by atoms with Gasteiger partial charge in [-0.1, -0.05) is 31.5 Å². The van der Waals surface area contributed by atoms with E-state index in [0.717, 1.165) is 12.8 Å². The summed E-state index contributed by atoms with van der Waals surface area (Å²) in [5.74, 6) is 0.395. The molecule has 0 aliphatic heterocycles. The first-order valence-corrected chi connectivity index (χ1v) is 11.6. The van der Waals surface area contributed by atoms with Gasteiger partial charge >= 0.3 is 0 Å². The van der Waals surface area contributed by atoms with Crippen molar-refractivity contribution in [3.05, 3.63) is 82.1 Å². The number of rotatable bonds is 11. The van der Waals surface area contributed by atoms with E-state index < -0.39 is 5.82 Å². The van der Waals surface area contributed by atoms with Crippen molar-refractivity contribution in [3.8, 4) is 22.6 Å². The number of carbonyl (C=O) groups excluding carboxylic acids is 2. The molecule has 3 aromatic rings. The van der Waals surface area contributed by atoms with Gasteiger partial charge in [-0.05, 0) is 66.9 Å². The third-order valence-corrected chi connectivity index (χ3v) is 5.37. The zero-order valence-electron chi connectivity index (χ0n) is 19.2. The fraction of sp³-hybridized carbons (Fsp3) is 0.259. The minimum Gasteiger partial charge on any atom is -0.494 e. The normalized spacial score (nSPS) is 10.6. The van der Waals surface area contributed by atoms with Crippen LogP contribution in [0.5, 0.6) is 11.5 Å². The van der Waals surface area contributed by atoms with Crippen molar-refractivity contribution >= 4 is 23.8 Å². The molecule has 0 aliphatic carbocycles. The summed E-state index contributed by atoms with van der Waals surface area (Å²) in [5.41, 5.74) is 2.24. The first-order chi connectivity index (χ1) is 16.5. The van der Waals surface area contributed by atoms with Crippen LogP contribution >= 0.6 is 11.6 Å². The van der Waals surface area contributed by atoms with Gasteiger partial charge in [0, 0.05) is 23.2 Å². The summed E-state index contributed by atoms with van der Waals surface area (Å²) in [7, 11) is 0. The molecule has 0 bridgehead atoms. The lowest BCUT2D eigenvalue weighted by atomic mass is 10.00. The van der Waals surface area contributed by atoms with Gasteiger partial charge in [-0.25, -0.2) is 4.39 Å². The predicted molar refractivity (Wildman–Crippen MR) is 131 cm³/mol. The molecule has 0 radical (unpaired) electrons. The van der Waals surface area contributed by atoms with Crippen LogP contribution in [0.15, 0.2) is 54.6 Å². The SMILES string of the molecule is CCCOc1ccc(C(=O)NCc2cc(-c3cc(C=O)ccc3F)ccc2OCCC)c(Cl)c1. The Labute approximate surface area is 203 Å². The molecule has 1 amide bonds. The van der Waals surface area contributed by atoms with Gasteiger partial charge in [0.15, 0.2) is 0 Å². The zero-order valence-corrected chi connectivity index (χ0v) is 20.0. The first kappa shape index (κ1) is 25.2. The Morgan fingerprint density at radius 2 is 1.76 bits per heavy atom. The highest BCUT2D eigenvalue weighted by Gasteiger charge is 2.15. The van der Waals surface area contributed by atoms with Crippen molar-refractivity contribution in [2.75, 3.05) is 13.2 Å². The summed E-state index contributed by atoms with van der Waals surface area (Å²) in [6.07, 6.45) is 2.35. The van der Waals surface area contributed by atoms with Crippen LogP contribution < -0.4 is 14.8 Å². The highest BCUT2D eigenvalue weighted by Crippen LogP contribution is 2.30. The van der Waals surface area contributed by atoms with Crippen LogP contribution in [-0.4, -0.2) is 25.4 Å². The molecule has 0 fully saturated rings. The van der Waals surface area contributed by atoms with Crippen LogP contribution in [0.1, 0.15) is 53.0 Å². The van der Waals surface area contributed by atoms with Gasteiger partial charge in [0.2, 0.25) is 0 Å². The Kier molecular flexibility index (Phi) is 9.05. The highest BCUT2D eigenvalue weighted by atomic mass is 35.5. The molecule has 0 aromatic heterocycles. The number of ether oxygens (including phenoxy) is 2. The average Bonchev–Trinajstić information content (AvgIpc) is 2.85. The second kappa shape index (κ2) is 12.2. The van der Waals surface area contributed by atoms with E-state index in [1.807, 2.05) is 13.8 Å². The van der Waals surface area contributed by atoms with Gasteiger partial charge in [0.1, 0.15) is 23.6 Å². The fourth-order valence-electron chi connectivity index (χ4n) is 3.34. The zero-order chi connectivity index (χ0) is 24.5. The summed E-state index contributed by atoms with van der Waals surface area (Å²) in [4.78, 5) is 24.0. The molecule has 0 aliphatic rings. The minimum atomic E-state index is -0.444. The molecule has 178 valence electrons. The molecule has 5 nitrogen and oxygen atoms in total. The van der Waals surface area contributed by atoms with Crippen LogP contribution in [0.4, 0.5) is 4.39 Å². The summed E-state index contributed by atoms with van der Waals surface area (Å²) in [6.45, 7) is 5.21. The summed E-state index contributed by atoms with van der Waals surface area (Å²) >= 11 is 6.30. The number of amides is 1. The van der Waals surface area contributed by atoms with Crippen molar-refractivity contribution in [2.24, 2.45) is 0 Å². The molecule has 3 rings (SSSR count). The number of nitrogens with one attached hydrogen (secondary N) is 1. The first-order valence-electron chi connectivity index (χ1n) is 11.2. The Morgan fingerprint density at radius 3 is 2.47 bits per heavy atom. The second-order valence-corrected chi connectivity index (χ2v) is 8.11. The highest BCUT2D eigenvalue weighted by molar-refractivity contribution is 6.34. The number of benzene rings is 3. The molecular weight excluding hydrogens is 457 g/mol. The molecule has 0 atom stereocenters. The fourth-order valence-corrected chi connectivity index (χ4v) is 3.59. The number of hydrogen-bond acceptors (Lipinski definition) is 4. The lowest BCUT2D eigenvalue weighted by Crippen LogP contribution is -2.23. The topological polar surface area (TPSA) is 64.6 Å². The molecule has 34 heavy (non-hydrogen) atoms. The lowest BCUT2D eigenvalue weighted by Gasteiger charge is -2.15. The monoisotopic (exact) mass is 483 g/mol. The van der Waals surface area contributed by atoms with E-state index in [2.05, 4.69) is 5.32 Å². The van der Waals surface area contributed by atoms with E-state index in [1.165, 1.54) is 18.2 Å². The third-order valence-electron chi connectivity index (χ3n) is 5.06. The summed E-state index contributed by atoms with van der Waals surface area (Å²) < 4.78 is 25.8. The van der Waals surface area contributed by atoms with Gasteiger partial charge in [0.05, 0.1) is 23.8 Å². The number of hydrogen-bond donors (Lipinski definition) is 1. The summed E-state index contributed by atoms with van der Waals surface area (Å²) in [6, 6.07) is 14.3. The Morgan fingerprint density at radius 1 is 1.00 bits per heavy atom. The molecular formula is C27H27ClFNO4. The number of carbonyl (C=O) groups is 2. The van der Waals surface area contributed by atoms with E-state index >= 15 is 0 Å². The lowest BCUT2D eigenvalue weighted by molar-refractivity contribution is 0.0950. The Balaban J connectivity index is 1.84. The van der Waals surface area contributed by atoms with E-state index in [1.54, 1.807) is 36.4 Å². The third kappa shape index (κ3) is 6.35. The average molecular weight is 484 g/mol. The molecule has 1 N–H and O–H groups in total. The van der Waals surface area contributed by atoms with Crippen LogP contribution in [0, 0.1) is 5.82 Å². The van der Waals surface area contributed by atoms with Crippen LogP contribution in [0.3, 0.4) is 0 Å². The maximum Gasteiger partial charge on any atom is 0.253 e. The van der Waals surface area contributed by atoms with Gasteiger partial charge in [0.25, 0.3) is 5.91 Å².